The van der Waals surface area contributed by atoms with Crippen LogP contribution < -0.4 is 10.9 Å². The fraction of sp³-hybridized carbons (Fsp3) is 0.222. The van der Waals surface area contributed by atoms with Crippen LogP contribution >= 0.6 is 11.8 Å². The number of aromatic nitrogens is 2. The highest BCUT2D eigenvalue weighted by molar-refractivity contribution is 8.00. The number of hydrogen-bond donors (Lipinski definition) is 2. The lowest BCUT2D eigenvalue weighted by molar-refractivity contribution is -0.120. The minimum absolute atomic E-state index is 0.0325. The van der Waals surface area contributed by atoms with E-state index in [1.807, 2.05) is 73.7 Å². The summed E-state index contributed by atoms with van der Waals surface area (Å²) >= 11 is 1.25. The lowest BCUT2D eigenvalue weighted by Crippen LogP contribution is -2.35. The molecule has 2 N–H and O–H groups in total. The van der Waals surface area contributed by atoms with Gasteiger partial charge in [-0.25, -0.2) is 4.98 Å². The molecule has 1 amide bonds. The second-order valence-corrected chi connectivity index (χ2v) is 9.28. The molecule has 0 fully saturated rings. The normalized spacial score (nSPS) is 12.1. The van der Waals surface area contributed by atoms with Crippen molar-refractivity contribution >= 4 is 28.6 Å². The minimum Gasteiger partial charge on any atom is -0.396 e. The van der Waals surface area contributed by atoms with Crippen LogP contribution in [0.4, 0.5) is 0 Å². The number of carbonyl (C=O) groups is 1. The minimum atomic E-state index is -0.497. The number of benzene rings is 3. The van der Waals surface area contributed by atoms with Gasteiger partial charge in [0, 0.05) is 13.2 Å². The third-order valence-electron chi connectivity index (χ3n) is 5.57. The number of para-hydroxylation sites is 1. The zero-order valence-electron chi connectivity index (χ0n) is 18.9. The molecule has 4 rings (SSSR count). The van der Waals surface area contributed by atoms with Crippen molar-refractivity contribution in [2.24, 2.45) is 0 Å². The van der Waals surface area contributed by atoms with E-state index in [9.17, 15) is 14.7 Å². The molecule has 174 valence electrons. The molecule has 0 radical (unpaired) electrons. The molecule has 0 aliphatic carbocycles. The van der Waals surface area contributed by atoms with E-state index in [1.54, 1.807) is 22.8 Å². The number of thioether (sulfide) groups is 1. The van der Waals surface area contributed by atoms with Crippen LogP contribution in [0.5, 0.6) is 0 Å². The van der Waals surface area contributed by atoms with Gasteiger partial charge in [-0.1, -0.05) is 84.6 Å². The van der Waals surface area contributed by atoms with Gasteiger partial charge in [-0.15, -0.1) is 0 Å². The van der Waals surface area contributed by atoms with E-state index in [0.29, 0.717) is 29.0 Å². The van der Waals surface area contributed by atoms with Gasteiger partial charge >= 0.3 is 0 Å². The van der Waals surface area contributed by atoms with Gasteiger partial charge in [-0.3, -0.25) is 14.2 Å². The predicted molar refractivity (Wildman–Crippen MR) is 136 cm³/mol. The maximum atomic E-state index is 13.3. The Morgan fingerprint density at radius 1 is 0.971 bits per heavy atom. The Hall–Kier alpha value is -3.42. The molecule has 1 unspecified atom stereocenters. The first-order chi connectivity index (χ1) is 16.6. The maximum Gasteiger partial charge on any atom is 0.262 e. The number of nitrogens with one attached hydrogen (secondary N) is 1. The maximum absolute atomic E-state index is 13.3. The number of nitrogens with zero attached hydrogens (tertiary/aromatic N) is 2. The number of rotatable bonds is 9. The monoisotopic (exact) mass is 473 g/mol. The molecule has 1 heterocycles. The van der Waals surface area contributed by atoms with Crippen LogP contribution in [0.1, 0.15) is 30.5 Å². The number of carbonyl (C=O) groups excluding carboxylic acids is 1. The molecular weight excluding hydrogens is 446 g/mol. The molecule has 7 heteroatoms. The molecular formula is C27H27N3O3S. The zero-order chi connectivity index (χ0) is 23.9. The SMILES string of the molecule is CC(Sc1nc2ccccc2c(=O)n1CCCO)C(=O)NC(c1ccccc1)c1ccccc1. The third-order valence-corrected chi connectivity index (χ3v) is 6.66. The van der Waals surface area contributed by atoms with Crippen molar-refractivity contribution in [1.82, 2.24) is 14.9 Å². The summed E-state index contributed by atoms with van der Waals surface area (Å²) in [5.74, 6) is -0.154. The van der Waals surface area contributed by atoms with E-state index in [0.717, 1.165) is 11.1 Å². The standard InChI is InChI=1S/C27H27N3O3S/c1-19(25(32)29-24(20-11-4-2-5-12-20)21-13-6-3-7-14-21)34-27-28-23-16-9-8-15-22(23)26(33)30(27)17-10-18-31/h2-9,11-16,19,24,31H,10,17-18H2,1H3,(H,29,32). The van der Waals surface area contributed by atoms with Gasteiger partial charge in [-0.2, -0.15) is 0 Å². The Labute approximate surface area is 202 Å². The summed E-state index contributed by atoms with van der Waals surface area (Å²) in [6.07, 6.45) is 0.429. The third kappa shape index (κ3) is 5.38. The lowest BCUT2D eigenvalue weighted by atomic mass is 9.98. The van der Waals surface area contributed by atoms with Gasteiger partial charge in [0.1, 0.15) is 0 Å². The first kappa shape index (κ1) is 23.7. The molecule has 0 spiro atoms. The van der Waals surface area contributed by atoms with Crippen molar-refractivity contribution in [3.05, 3.63) is 106 Å². The van der Waals surface area contributed by atoms with E-state index in [4.69, 9.17) is 0 Å². The van der Waals surface area contributed by atoms with Crippen molar-refractivity contribution in [2.75, 3.05) is 6.61 Å². The van der Waals surface area contributed by atoms with E-state index in [2.05, 4.69) is 10.3 Å². The first-order valence-corrected chi connectivity index (χ1v) is 12.1. The average molecular weight is 474 g/mol. The second-order valence-electron chi connectivity index (χ2n) is 7.97. The summed E-state index contributed by atoms with van der Waals surface area (Å²) in [4.78, 5) is 31.0. The molecule has 1 aromatic heterocycles. The molecule has 0 aliphatic heterocycles. The van der Waals surface area contributed by atoms with Gasteiger partial charge < -0.3 is 10.4 Å². The Morgan fingerprint density at radius 2 is 1.56 bits per heavy atom. The predicted octanol–water partition coefficient (Wildman–Crippen LogP) is 4.17. The van der Waals surface area contributed by atoms with Crippen LogP contribution in [0.2, 0.25) is 0 Å². The Balaban J connectivity index is 1.61. The van der Waals surface area contributed by atoms with Gasteiger partial charge in [-0.05, 0) is 36.6 Å². The average Bonchev–Trinajstić information content (AvgIpc) is 2.88. The van der Waals surface area contributed by atoms with Gasteiger partial charge in [0.05, 0.1) is 22.2 Å². The van der Waals surface area contributed by atoms with E-state index in [1.165, 1.54) is 11.8 Å². The van der Waals surface area contributed by atoms with Crippen molar-refractivity contribution in [1.29, 1.82) is 0 Å². The number of aliphatic hydroxyl groups is 1. The summed E-state index contributed by atoms with van der Waals surface area (Å²) in [6, 6.07) is 26.6. The van der Waals surface area contributed by atoms with E-state index < -0.39 is 5.25 Å². The summed E-state index contributed by atoms with van der Waals surface area (Å²) in [6.45, 7) is 2.11. The zero-order valence-corrected chi connectivity index (χ0v) is 19.7. The summed E-state index contributed by atoms with van der Waals surface area (Å²) in [5.41, 5.74) is 2.40. The summed E-state index contributed by atoms with van der Waals surface area (Å²) in [5, 5.41) is 13.0. The highest BCUT2D eigenvalue weighted by atomic mass is 32.2. The van der Waals surface area contributed by atoms with Crippen molar-refractivity contribution in [2.45, 2.75) is 36.3 Å². The molecule has 1 atom stereocenters. The number of fused-ring (bicyclic) bond motifs is 1. The molecule has 6 nitrogen and oxygen atoms in total. The number of amides is 1. The highest BCUT2D eigenvalue weighted by Crippen LogP contribution is 2.26. The molecule has 0 bridgehead atoms. The molecule has 34 heavy (non-hydrogen) atoms. The molecule has 3 aromatic carbocycles. The lowest BCUT2D eigenvalue weighted by Gasteiger charge is -2.22. The van der Waals surface area contributed by atoms with Gasteiger partial charge in [0.25, 0.3) is 5.56 Å². The van der Waals surface area contributed by atoms with Gasteiger partial charge in [0.2, 0.25) is 5.91 Å². The molecule has 0 saturated carbocycles. The van der Waals surface area contributed by atoms with Crippen molar-refractivity contribution in [3.8, 4) is 0 Å². The number of aliphatic hydroxyl groups excluding tert-OH is 1. The van der Waals surface area contributed by atoms with Crippen LogP contribution in [0.25, 0.3) is 10.9 Å². The van der Waals surface area contributed by atoms with Crippen LogP contribution in [0.3, 0.4) is 0 Å². The van der Waals surface area contributed by atoms with Gasteiger partial charge in [0.15, 0.2) is 5.16 Å². The Bertz CT molecular complexity index is 1270. The Kier molecular flexibility index (Phi) is 7.77. The van der Waals surface area contributed by atoms with Crippen molar-refractivity contribution < 1.29 is 9.90 Å². The fourth-order valence-electron chi connectivity index (χ4n) is 3.78. The smallest absolute Gasteiger partial charge is 0.262 e. The Morgan fingerprint density at radius 3 is 2.18 bits per heavy atom. The topological polar surface area (TPSA) is 84.2 Å². The summed E-state index contributed by atoms with van der Waals surface area (Å²) in [7, 11) is 0. The highest BCUT2D eigenvalue weighted by Gasteiger charge is 2.23. The van der Waals surface area contributed by atoms with Crippen LogP contribution in [-0.2, 0) is 11.3 Å². The molecule has 0 saturated heterocycles. The fourth-order valence-corrected chi connectivity index (χ4v) is 4.73. The van der Waals surface area contributed by atoms with Crippen LogP contribution in [-0.4, -0.2) is 32.4 Å². The molecule has 4 aromatic rings. The van der Waals surface area contributed by atoms with Crippen LogP contribution in [0.15, 0.2) is 94.9 Å². The van der Waals surface area contributed by atoms with E-state index >= 15 is 0 Å². The quantitative estimate of drug-likeness (QED) is 0.282. The van der Waals surface area contributed by atoms with E-state index in [-0.39, 0.29) is 24.1 Å². The number of hydrogen-bond acceptors (Lipinski definition) is 5. The second kappa shape index (κ2) is 11.1. The largest absolute Gasteiger partial charge is 0.396 e. The summed E-state index contributed by atoms with van der Waals surface area (Å²) < 4.78 is 1.55. The van der Waals surface area contributed by atoms with Crippen molar-refractivity contribution in [3.63, 3.8) is 0 Å². The molecule has 0 aliphatic rings. The van der Waals surface area contributed by atoms with Crippen LogP contribution in [0, 0.1) is 0 Å². The first-order valence-electron chi connectivity index (χ1n) is 11.3.